The monoisotopic (exact) mass is 351 g/mol. The number of hydrogen-bond acceptors (Lipinski definition) is 5. The summed E-state index contributed by atoms with van der Waals surface area (Å²) in [5, 5.41) is 24.1. The molecule has 0 aromatic heterocycles. The minimum absolute atomic E-state index is 0.0473. The van der Waals surface area contributed by atoms with Crippen molar-refractivity contribution in [2.75, 3.05) is 0 Å². The number of carbonyl (C=O) groups is 2. The third-order valence-electron chi connectivity index (χ3n) is 3.76. The molecule has 0 aliphatic carbocycles. The summed E-state index contributed by atoms with van der Waals surface area (Å²) in [6, 6.07) is 15.5. The van der Waals surface area contributed by atoms with Crippen molar-refractivity contribution in [2.24, 2.45) is 0 Å². The zero-order chi connectivity index (χ0) is 18.0. The topological polar surface area (TPSA) is 102 Å². The first-order valence-electron chi connectivity index (χ1n) is 7.34. The van der Waals surface area contributed by atoms with Gasteiger partial charge in [-0.25, -0.2) is 4.79 Å². The number of amides is 1. The quantitative estimate of drug-likeness (QED) is 0.635. The fraction of sp³-hybridized carbons (Fsp3) is 0.0556. The maximum atomic E-state index is 12.0. The molecule has 0 radical (unpaired) electrons. The zero-order valence-electron chi connectivity index (χ0n) is 12.9. The summed E-state index contributed by atoms with van der Waals surface area (Å²) in [6.07, 6.45) is 0. The van der Waals surface area contributed by atoms with E-state index >= 15 is 0 Å². The Morgan fingerprint density at radius 2 is 1.84 bits per heavy atom. The molecule has 6 nitrogen and oxygen atoms in total. The number of thiol groups is 1. The minimum atomic E-state index is -1.02. The van der Waals surface area contributed by atoms with Crippen LogP contribution in [0.3, 0.4) is 0 Å². The molecule has 0 spiro atoms. The summed E-state index contributed by atoms with van der Waals surface area (Å²) < 4.78 is 0. The van der Waals surface area contributed by atoms with Crippen molar-refractivity contribution in [2.45, 2.75) is 5.50 Å². The van der Waals surface area contributed by atoms with Crippen LogP contribution in [0.15, 0.2) is 54.1 Å². The molecular formula is C18H13N3O3S. The van der Waals surface area contributed by atoms with Gasteiger partial charge in [0.15, 0.2) is 0 Å². The Morgan fingerprint density at radius 1 is 1.12 bits per heavy atom. The number of nitrogens with one attached hydrogen (secondary N) is 2. The van der Waals surface area contributed by atoms with Crippen LogP contribution in [0.1, 0.15) is 15.9 Å². The molecule has 1 aliphatic rings. The number of benzene rings is 2. The SMILES string of the molecule is N#CC1=C(c2cccc(-c3ccccc3C(=O)O)c2)NC(S)NC1=O. The number of aromatic carboxylic acids is 1. The van der Waals surface area contributed by atoms with Crippen molar-refractivity contribution in [3.05, 3.63) is 65.2 Å². The largest absolute Gasteiger partial charge is 0.478 e. The summed E-state index contributed by atoms with van der Waals surface area (Å²) in [5.74, 6) is -1.53. The highest BCUT2D eigenvalue weighted by Crippen LogP contribution is 2.28. The van der Waals surface area contributed by atoms with E-state index in [0.717, 1.165) is 0 Å². The van der Waals surface area contributed by atoms with Gasteiger partial charge in [0.1, 0.15) is 17.1 Å². The minimum Gasteiger partial charge on any atom is -0.478 e. The number of nitrogens with zero attached hydrogens (tertiary/aromatic N) is 1. The second-order valence-corrected chi connectivity index (χ2v) is 5.83. The second kappa shape index (κ2) is 6.71. The smallest absolute Gasteiger partial charge is 0.336 e. The van der Waals surface area contributed by atoms with Crippen molar-refractivity contribution >= 4 is 30.2 Å². The number of rotatable bonds is 3. The van der Waals surface area contributed by atoms with Crippen LogP contribution >= 0.6 is 12.6 Å². The van der Waals surface area contributed by atoms with Crippen molar-refractivity contribution in [3.8, 4) is 17.2 Å². The Bertz CT molecular complexity index is 947. The molecule has 1 amide bonds. The van der Waals surface area contributed by atoms with Crippen LogP contribution in [0.4, 0.5) is 0 Å². The maximum Gasteiger partial charge on any atom is 0.336 e. The van der Waals surface area contributed by atoms with Gasteiger partial charge in [0.05, 0.1) is 11.3 Å². The lowest BCUT2D eigenvalue weighted by molar-refractivity contribution is -0.117. The molecule has 3 N–H and O–H groups in total. The Balaban J connectivity index is 2.14. The van der Waals surface area contributed by atoms with Gasteiger partial charge in [-0.2, -0.15) is 5.26 Å². The van der Waals surface area contributed by atoms with E-state index in [1.807, 2.05) is 6.07 Å². The summed E-state index contributed by atoms with van der Waals surface area (Å²) >= 11 is 4.18. The van der Waals surface area contributed by atoms with Gasteiger partial charge < -0.3 is 15.7 Å². The number of hydrogen-bond donors (Lipinski definition) is 4. The van der Waals surface area contributed by atoms with E-state index in [2.05, 4.69) is 23.3 Å². The van der Waals surface area contributed by atoms with Crippen LogP contribution in [0.2, 0.25) is 0 Å². The Kier molecular flexibility index (Phi) is 4.46. The molecule has 0 bridgehead atoms. The van der Waals surface area contributed by atoms with E-state index in [-0.39, 0.29) is 11.1 Å². The van der Waals surface area contributed by atoms with Gasteiger partial charge in [-0.15, -0.1) is 12.6 Å². The van der Waals surface area contributed by atoms with Crippen molar-refractivity contribution in [1.82, 2.24) is 10.6 Å². The van der Waals surface area contributed by atoms with Crippen LogP contribution in [0, 0.1) is 11.3 Å². The van der Waals surface area contributed by atoms with E-state index in [4.69, 9.17) is 0 Å². The molecule has 7 heteroatoms. The standard InChI is InChI=1S/C18H13N3O3S/c19-9-14-15(20-18(25)21-16(14)22)11-5-3-4-10(8-11)12-6-1-2-7-13(12)17(23)24/h1-8,18,20,25H,(H,21,22)(H,23,24). The highest BCUT2D eigenvalue weighted by Gasteiger charge is 2.25. The predicted octanol–water partition coefficient (Wildman–Crippen LogP) is 2.22. The molecule has 1 unspecified atom stereocenters. The first kappa shape index (κ1) is 16.6. The van der Waals surface area contributed by atoms with Gasteiger partial charge in [-0.1, -0.05) is 36.4 Å². The highest BCUT2D eigenvalue weighted by atomic mass is 32.1. The van der Waals surface area contributed by atoms with Gasteiger partial charge in [-0.05, 0) is 28.8 Å². The normalized spacial score (nSPS) is 16.6. The summed E-state index contributed by atoms with van der Waals surface area (Å²) in [6.45, 7) is 0. The summed E-state index contributed by atoms with van der Waals surface area (Å²) in [5.41, 5.74) is 1.70. The van der Waals surface area contributed by atoms with E-state index < -0.39 is 17.4 Å². The molecule has 1 heterocycles. The maximum absolute atomic E-state index is 12.0. The molecule has 124 valence electrons. The molecule has 1 aliphatic heterocycles. The van der Waals surface area contributed by atoms with Crippen molar-refractivity contribution < 1.29 is 14.7 Å². The van der Waals surface area contributed by atoms with E-state index in [1.165, 1.54) is 6.07 Å². The fourth-order valence-electron chi connectivity index (χ4n) is 2.65. The average Bonchev–Trinajstić information content (AvgIpc) is 2.61. The van der Waals surface area contributed by atoms with Gasteiger partial charge in [0.25, 0.3) is 5.91 Å². The first-order valence-corrected chi connectivity index (χ1v) is 7.86. The van der Waals surface area contributed by atoms with Crippen molar-refractivity contribution in [1.29, 1.82) is 5.26 Å². The third-order valence-corrected chi connectivity index (χ3v) is 4.02. The predicted molar refractivity (Wildman–Crippen MR) is 95.4 cm³/mol. The highest BCUT2D eigenvalue weighted by molar-refractivity contribution is 7.80. The molecule has 3 rings (SSSR count). The number of carboxylic acid groups (broad SMARTS) is 1. The van der Waals surface area contributed by atoms with Crippen LogP contribution < -0.4 is 10.6 Å². The molecule has 2 aromatic rings. The van der Waals surface area contributed by atoms with Crippen LogP contribution in [0.25, 0.3) is 16.8 Å². The van der Waals surface area contributed by atoms with Crippen LogP contribution in [0.5, 0.6) is 0 Å². The Hall–Kier alpha value is -3.24. The fourth-order valence-corrected chi connectivity index (χ4v) is 2.90. The van der Waals surface area contributed by atoms with E-state index in [1.54, 1.807) is 42.5 Å². The van der Waals surface area contributed by atoms with E-state index in [0.29, 0.717) is 22.4 Å². The molecule has 0 saturated heterocycles. The third kappa shape index (κ3) is 3.20. The number of carbonyl (C=O) groups excluding carboxylic acids is 1. The lowest BCUT2D eigenvalue weighted by Crippen LogP contribution is -2.46. The molecule has 2 aromatic carbocycles. The van der Waals surface area contributed by atoms with Gasteiger partial charge in [-0.3, -0.25) is 4.79 Å². The van der Waals surface area contributed by atoms with Crippen LogP contribution in [-0.2, 0) is 4.79 Å². The van der Waals surface area contributed by atoms with Crippen LogP contribution in [-0.4, -0.2) is 22.5 Å². The molecule has 1 atom stereocenters. The molecular weight excluding hydrogens is 338 g/mol. The molecule has 25 heavy (non-hydrogen) atoms. The second-order valence-electron chi connectivity index (χ2n) is 5.31. The lowest BCUT2D eigenvalue weighted by atomic mass is 9.96. The number of carboxylic acids is 1. The zero-order valence-corrected chi connectivity index (χ0v) is 13.7. The molecule has 0 fully saturated rings. The Morgan fingerprint density at radius 3 is 2.56 bits per heavy atom. The average molecular weight is 351 g/mol. The number of nitriles is 1. The summed E-state index contributed by atoms with van der Waals surface area (Å²) in [7, 11) is 0. The summed E-state index contributed by atoms with van der Waals surface area (Å²) in [4.78, 5) is 23.4. The van der Waals surface area contributed by atoms with Gasteiger partial charge in [0.2, 0.25) is 0 Å². The Labute approximate surface area is 149 Å². The first-order chi connectivity index (χ1) is 12.0. The molecule has 0 saturated carbocycles. The van der Waals surface area contributed by atoms with Gasteiger partial charge >= 0.3 is 5.97 Å². The van der Waals surface area contributed by atoms with Crippen molar-refractivity contribution in [3.63, 3.8) is 0 Å². The van der Waals surface area contributed by atoms with Gasteiger partial charge in [0, 0.05) is 0 Å². The lowest BCUT2D eigenvalue weighted by Gasteiger charge is -2.25. The van der Waals surface area contributed by atoms with E-state index in [9.17, 15) is 20.0 Å².